The van der Waals surface area contributed by atoms with Gasteiger partial charge in [0.1, 0.15) is 5.75 Å². The van der Waals surface area contributed by atoms with Gasteiger partial charge in [-0.1, -0.05) is 12.1 Å². The largest absolute Gasteiger partial charge is 0.492 e. The number of amides is 3. The quantitative estimate of drug-likeness (QED) is 0.897. The summed E-state index contributed by atoms with van der Waals surface area (Å²) in [5.41, 5.74) is 0.240. The van der Waals surface area contributed by atoms with Crippen molar-refractivity contribution in [1.82, 2.24) is 9.80 Å². The van der Waals surface area contributed by atoms with Crippen LogP contribution in [0.25, 0.3) is 0 Å². The van der Waals surface area contributed by atoms with Crippen LogP contribution >= 0.6 is 0 Å². The van der Waals surface area contributed by atoms with Crippen LogP contribution in [0.2, 0.25) is 0 Å². The molecule has 0 aliphatic carbocycles. The summed E-state index contributed by atoms with van der Waals surface area (Å²) in [5, 5.41) is 2.93. The lowest BCUT2D eigenvalue weighted by Gasteiger charge is -2.40. The minimum Gasteiger partial charge on any atom is -0.492 e. The molecule has 0 aromatic heterocycles. The molecule has 26 heavy (non-hydrogen) atoms. The highest BCUT2D eigenvalue weighted by Crippen LogP contribution is 2.32. The van der Waals surface area contributed by atoms with Gasteiger partial charge in [-0.05, 0) is 31.9 Å². The molecular formula is C19H27N3O4. The van der Waals surface area contributed by atoms with Gasteiger partial charge in [0.25, 0.3) is 0 Å². The van der Waals surface area contributed by atoms with Crippen LogP contribution in [0.3, 0.4) is 0 Å². The second-order valence-corrected chi connectivity index (χ2v) is 6.87. The number of carbonyl (C=O) groups excluding carboxylic acids is 2. The van der Waals surface area contributed by atoms with Crippen molar-refractivity contribution < 1.29 is 19.1 Å². The molecule has 3 amide bonds. The number of hydrogen-bond acceptors (Lipinski definition) is 4. The van der Waals surface area contributed by atoms with Crippen molar-refractivity contribution in [3.05, 3.63) is 24.3 Å². The molecule has 2 aliphatic rings. The zero-order valence-corrected chi connectivity index (χ0v) is 15.5. The number of nitrogens with zero attached hydrogens (tertiary/aromatic N) is 2. The number of urea groups is 1. The molecule has 2 aliphatic heterocycles. The fourth-order valence-corrected chi connectivity index (χ4v) is 3.47. The van der Waals surface area contributed by atoms with Crippen LogP contribution < -0.4 is 10.1 Å². The van der Waals surface area contributed by atoms with Gasteiger partial charge < -0.3 is 24.6 Å². The first-order valence-electron chi connectivity index (χ1n) is 9.19. The third-order valence-corrected chi connectivity index (χ3v) is 5.12. The van der Waals surface area contributed by atoms with Crippen LogP contribution in [0.1, 0.15) is 26.2 Å². The van der Waals surface area contributed by atoms with Crippen LogP contribution in [0.15, 0.2) is 24.3 Å². The molecule has 2 saturated heterocycles. The highest BCUT2D eigenvalue weighted by atomic mass is 16.5. The Labute approximate surface area is 154 Å². The van der Waals surface area contributed by atoms with E-state index in [1.165, 1.54) is 0 Å². The van der Waals surface area contributed by atoms with Gasteiger partial charge >= 0.3 is 6.03 Å². The van der Waals surface area contributed by atoms with Gasteiger partial charge in [-0.15, -0.1) is 0 Å². The maximum atomic E-state index is 12.6. The van der Waals surface area contributed by atoms with Gasteiger partial charge in [0, 0.05) is 26.7 Å². The summed E-state index contributed by atoms with van der Waals surface area (Å²) < 4.78 is 11.6. The molecule has 0 atom stereocenters. The first kappa shape index (κ1) is 18.5. The third kappa shape index (κ3) is 4.09. The van der Waals surface area contributed by atoms with E-state index in [1.54, 1.807) is 9.80 Å². The molecule has 0 radical (unpaired) electrons. The first-order chi connectivity index (χ1) is 12.5. The second-order valence-electron chi connectivity index (χ2n) is 6.87. The molecule has 3 rings (SSSR count). The predicted octanol–water partition coefficient (Wildman–Crippen LogP) is 2.33. The number of anilines is 1. The summed E-state index contributed by atoms with van der Waals surface area (Å²) in [7, 11) is 1.81. The van der Waals surface area contributed by atoms with E-state index in [0.29, 0.717) is 63.5 Å². The number of benzene rings is 1. The maximum Gasteiger partial charge on any atom is 0.321 e. The standard InChI is InChI=1S/C19H27N3O4/c1-3-25-16-7-5-4-6-15(16)20-18(24)22-10-8-19(9-11-22)14-17(23)21(2)12-13-26-19/h4-7H,3,8-14H2,1-2H3,(H,20,24). The fraction of sp³-hybridized carbons (Fsp3) is 0.579. The molecular weight excluding hydrogens is 334 g/mol. The van der Waals surface area contributed by atoms with Crippen LogP contribution in [-0.2, 0) is 9.53 Å². The number of ether oxygens (including phenoxy) is 2. The lowest BCUT2D eigenvalue weighted by atomic mass is 9.87. The number of hydrogen-bond donors (Lipinski definition) is 1. The predicted molar refractivity (Wildman–Crippen MR) is 98.4 cm³/mol. The lowest BCUT2D eigenvalue weighted by Crippen LogP contribution is -2.50. The Morgan fingerprint density at radius 3 is 2.73 bits per heavy atom. The van der Waals surface area contributed by atoms with E-state index in [1.807, 2.05) is 38.2 Å². The fourth-order valence-electron chi connectivity index (χ4n) is 3.47. The van der Waals surface area contributed by atoms with Gasteiger partial charge in [0.15, 0.2) is 0 Å². The minimum absolute atomic E-state index is 0.117. The van der Waals surface area contributed by atoms with Crippen molar-refractivity contribution in [3.8, 4) is 5.75 Å². The van der Waals surface area contributed by atoms with Crippen LogP contribution in [-0.4, -0.2) is 67.2 Å². The molecule has 1 spiro atoms. The van der Waals surface area contributed by atoms with Gasteiger partial charge in [-0.2, -0.15) is 0 Å². The molecule has 0 saturated carbocycles. The van der Waals surface area contributed by atoms with Crippen molar-refractivity contribution >= 4 is 17.6 Å². The van der Waals surface area contributed by atoms with E-state index >= 15 is 0 Å². The highest BCUT2D eigenvalue weighted by molar-refractivity contribution is 5.91. The third-order valence-electron chi connectivity index (χ3n) is 5.12. The van der Waals surface area contributed by atoms with Crippen molar-refractivity contribution in [2.75, 3.05) is 45.2 Å². The Hall–Kier alpha value is -2.28. The van der Waals surface area contributed by atoms with Crippen molar-refractivity contribution in [2.24, 2.45) is 0 Å². The zero-order valence-electron chi connectivity index (χ0n) is 15.5. The molecule has 0 unspecified atom stereocenters. The molecule has 2 fully saturated rings. The molecule has 1 aromatic rings. The smallest absolute Gasteiger partial charge is 0.321 e. The molecule has 7 heteroatoms. The minimum atomic E-state index is -0.429. The summed E-state index contributed by atoms with van der Waals surface area (Å²) in [6, 6.07) is 7.26. The normalized spacial score (nSPS) is 20.0. The van der Waals surface area contributed by atoms with E-state index < -0.39 is 5.60 Å². The van der Waals surface area contributed by atoms with Crippen LogP contribution in [0, 0.1) is 0 Å². The van der Waals surface area contributed by atoms with Crippen molar-refractivity contribution in [1.29, 1.82) is 0 Å². The van der Waals surface area contributed by atoms with E-state index in [9.17, 15) is 9.59 Å². The topological polar surface area (TPSA) is 71.1 Å². The second kappa shape index (κ2) is 7.95. The number of para-hydroxylation sites is 2. The molecule has 1 N–H and O–H groups in total. The average Bonchev–Trinajstić information content (AvgIpc) is 2.76. The van der Waals surface area contributed by atoms with E-state index in [4.69, 9.17) is 9.47 Å². The number of nitrogens with one attached hydrogen (secondary N) is 1. The summed E-state index contributed by atoms with van der Waals surface area (Å²) >= 11 is 0. The number of piperidine rings is 1. The van der Waals surface area contributed by atoms with Gasteiger partial charge in [-0.25, -0.2) is 4.79 Å². The lowest BCUT2D eigenvalue weighted by molar-refractivity contribution is -0.134. The Morgan fingerprint density at radius 2 is 2.00 bits per heavy atom. The zero-order chi connectivity index (χ0) is 18.6. The Kier molecular flexibility index (Phi) is 5.66. The molecule has 142 valence electrons. The van der Waals surface area contributed by atoms with E-state index in [2.05, 4.69) is 5.32 Å². The number of likely N-dealkylation sites (N-methyl/N-ethyl adjacent to an activating group) is 1. The number of carbonyl (C=O) groups is 2. The summed E-state index contributed by atoms with van der Waals surface area (Å²) in [5.74, 6) is 0.781. The highest BCUT2D eigenvalue weighted by Gasteiger charge is 2.41. The number of rotatable bonds is 3. The molecule has 0 bridgehead atoms. The van der Waals surface area contributed by atoms with Gasteiger partial charge in [0.2, 0.25) is 5.91 Å². The maximum absolute atomic E-state index is 12.6. The number of likely N-dealkylation sites (tertiary alicyclic amines) is 1. The first-order valence-corrected chi connectivity index (χ1v) is 9.19. The SMILES string of the molecule is CCOc1ccccc1NC(=O)N1CCC2(CC1)CC(=O)N(C)CCO2. The van der Waals surface area contributed by atoms with Gasteiger partial charge in [-0.3, -0.25) is 4.79 Å². The molecule has 1 aromatic carbocycles. The van der Waals surface area contributed by atoms with Gasteiger partial charge in [0.05, 0.1) is 30.9 Å². The Balaban J connectivity index is 1.59. The summed E-state index contributed by atoms with van der Waals surface area (Å²) in [6.07, 6.45) is 1.74. The molecule has 2 heterocycles. The molecule has 7 nitrogen and oxygen atoms in total. The van der Waals surface area contributed by atoms with E-state index in [-0.39, 0.29) is 11.9 Å². The Morgan fingerprint density at radius 1 is 1.27 bits per heavy atom. The van der Waals surface area contributed by atoms with Crippen molar-refractivity contribution in [3.63, 3.8) is 0 Å². The monoisotopic (exact) mass is 361 g/mol. The van der Waals surface area contributed by atoms with Crippen LogP contribution in [0.5, 0.6) is 5.75 Å². The van der Waals surface area contributed by atoms with Crippen LogP contribution in [0.4, 0.5) is 10.5 Å². The van der Waals surface area contributed by atoms with E-state index in [0.717, 1.165) is 0 Å². The Bertz CT molecular complexity index is 656. The average molecular weight is 361 g/mol. The summed E-state index contributed by atoms with van der Waals surface area (Å²) in [4.78, 5) is 28.3. The van der Waals surface area contributed by atoms with Crippen molar-refractivity contribution in [2.45, 2.75) is 31.8 Å². The summed E-state index contributed by atoms with van der Waals surface area (Å²) in [6.45, 7) is 4.77.